The van der Waals surface area contributed by atoms with E-state index in [1.54, 1.807) is 11.6 Å². The summed E-state index contributed by atoms with van der Waals surface area (Å²) < 4.78 is 23.5. The molecule has 1 aromatic rings. The lowest BCUT2D eigenvalue weighted by Gasteiger charge is -1.98. The summed E-state index contributed by atoms with van der Waals surface area (Å²) in [5.74, 6) is 0. The molecule has 0 atom stereocenters. The second-order valence-electron chi connectivity index (χ2n) is 2.51. The Kier molecular flexibility index (Phi) is 1.75. The fourth-order valence-electron chi connectivity index (χ4n) is 0.817. The van der Waals surface area contributed by atoms with Crippen LogP contribution in [0, 0.1) is 6.92 Å². The van der Waals surface area contributed by atoms with E-state index < -0.39 is 9.84 Å². The monoisotopic (exact) mass is 174 g/mol. The van der Waals surface area contributed by atoms with E-state index >= 15 is 0 Å². The van der Waals surface area contributed by atoms with E-state index in [2.05, 4.69) is 4.98 Å². The van der Waals surface area contributed by atoms with Crippen LogP contribution in [0.15, 0.2) is 11.4 Å². The third kappa shape index (κ3) is 1.42. The lowest BCUT2D eigenvalue weighted by atomic mass is 10.5. The van der Waals surface area contributed by atoms with Gasteiger partial charge in [-0.1, -0.05) is 0 Å². The highest BCUT2D eigenvalue weighted by molar-refractivity contribution is 7.90. The van der Waals surface area contributed by atoms with Gasteiger partial charge in [0.1, 0.15) is 0 Å². The van der Waals surface area contributed by atoms with Gasteiger partial charge >= 0.3 is 0 Å². The summed E-state index contributed by atoms with van der Waals surface area (Å²) in [5, 5.41) is 0.120. The zero-order chi connectivity index (χ0) is 8.65. The summed E-state index contributed by atoms with van der Waals surface area (Å²) in [6, 6.07) is 0. The molecule has 1 aromatic heterocycles. The van der Waals surface area contributed by atoms with Crippen LogP contribution in [0.3, 0.4) is 0 Å². The minimum Gasteiger partial charge on any atom is -0.322 e. The zero-order valence-electron chi connectivity index (χ0n) is 6.70. The Morgan fingerprint density at radius 2 is 2.09 bits per heavy atom. The first-order chi connectivity index (χ1) is 4.93. The molecule has 0 aliphatic rings. The maximum atomic E-state index is 11.0. The highest BCUT2D eigenvalue weighted by atomic mass is 32.2. The van der Waals surface area contributed by atoms with Crippen molar-refractivity contribution in [2.24, 2.45) is 7.05 Å². The Balaban J connectivity index is 3.38. The van der Waals surface area contributed by atoms with Crippen LogP contribution in [0.2, 0.25) is 0 Å². The van der Waals surface area contributed by atoms with Crippen LogP contribution < -0.4 is 0 Å². The van der Waals surface area contributed by atoms with E-state index in [0.717, 1.165) is 11.9 Å². The molecule has 62 valence electrons. The van der Waals surface area contributed by atoms with Gasteiger partial charge in [0.15, 0.2) is 0 Å². The second kappa shape index (κ2) is 2.34. The Morgan fingerprint density at radius 3 is 2.27 bits per heavy atom. The molecule has 0 aliphatic heterocycles. The molecule has 0 radical (unpaired) electrons. The predicted molar refractivity (Wildman–Crippen MR) is 41.1 cm³/mol. The quantitative estimate of drug-likeness (QED) is 0.608. The van der Waals surface area contributed by atoms with Crippen molar-refractivity contribution < 1.29 is 8.42 Å². The maximum absolute atomic E-state index is 11.0. The van der Waals surface area contributed by atoms with Gasteiger partial charge in [-0.25, -0.2) is 13.4 Å². The van der Waals surface area contributed by atoms with Crippen molar-refractivity contribution in [3.05, 3.63) is 11.9 Å². The van der Waals surface area contributed by atoms with Crippen LogP contribution in [0.4, 0.5) is 0 Å². The minimum atomic E-state index is -3.16. The molecule has 11 heavy (non-hydrogen) atoms. The minimum absolute atomic E-state index is 0.120. The molecule has 0 N–H and O–H groups in total. The SMILES string of the molecule is Cc1cnc(S(C)(=O)=O)n1C. The van der Waals surface area contributed by atoms with Gasteiger partial charge in [-0.15, -0.1) is 0 Å². The van der Waals surface area contributed by atoms with E-state index in [1.807, 2.05) is 6.92 Å². The van der Waals surface area contributed by atoms with Crippen molar-refractivity contribution in [2.45, 2.75) is 12.1 Å². The number of aromatic nitrogens is 2. The Bertz CT molecular complexity index is 364. The number of hydrogen-bond donors (Lipinski definition) is 0. The average molecular weight is 174 g/mol. The summed E-state index contributed by atoms with van der Waals surface area (Å²) in [6.07, 6.45) is 2.69. The molecular formula is C6H10N2O2S. The van der Waals surface area contributed by atoms with Crippen molar-refractivity contribution in [2.75, 3.05) is 6.26 Å². The van der Waals surface area contributed by atoms with E-state index in [-0.39, 0.29) is 5.16 Å². The Morgan fingerprint density at radius 1 is 1.55 bits per heavy atom. The van der Waals surface area contributed by atoms with Crippen LogP contribution in [0.25, 0.3) is 0 Å². The van der Waals surface area contributed by atoms with E-state index in [9.17, 15) is 8.42 Å². The van der Waals surface area contributed by atoms with Gasteiger partial charge in [0, 0.05) is 25.2 Å². The largest absolute Gasteiger partial charge is 0.322 e. The number of hydrogen-bond acceptors (Lipinski definition) is 3. The van der Waals surface area contributed by atoms with Crippen LogP contribution >= 0.6 is 0 Å². The number of aryl methyl sites for hydroxylation is 1. The molecule has 0 aliphatic carbocycles. The lowest BCUT2D eigenvalue weighted by Crippen LogP contribution is -2.06. The number of rotatable bonds is 1. The fourth-order valence-corrected chi connectivity index (χ4v) is 1.70. The first-order valence-corrected chi connectivity index (χ1v) is 5.00. The summed E-state index contributed by atoms with van der Waals surface area (Å²) in [5.41, 5.74) is 0.838. The molecule has 0 fully saturated rings. The van der Waals surface area contributed by atoms with Gasteiger partial charge in [0.05, 0.1) is 0 Å². The van der Waals surface area contributed by atoms with Crippen molar-refractivity contribution >= 4 is 9.84 Å². The summed E-state index contributed by atoms with van der Waals surface area (Å²) >= 11 is 0. The topological polar surface area (TPSA) is 52.0 Å². The van der Waals surface area contributed by atoms with Crippen LogP contribution in [-0.2, 0) is 16.9 Å². The first-order valence-electron chi connectivity index (χ1n) is 3.11. The summed E-state index contributed by atoms with van der Waals surface area (Å²) in [7, 11) is -1.48. The highest BCUT2D eigenvalue weighted by Gasteiger charge is 2.13. The normalized spacial score (nSPS) is 11.9. The predicted octanol–water partition coefficient (Wildman–Crippen LogP) is 0.132. The van der Waals surface area contributed by atoms with Gasteiger partial charge in [0.25, 0.3) is 0 Å². The van der Waals surface area contributed by atoms with Gasteiger partial charge in [-0.3, -0.25) is 0 Å². The zero-order valence-corrected chi connectivity index (χ0v) is 7.51. The third-order valence-electron chi connectivity index (χ3n) is 1.51. The lowest BCUT2D eigenvalue weighted by molar-refractivity contribution is 0.583. The Hall–Kier alpha value is -0.840. The smallest absolute Gasteiger partial charge is 0.227 e. The van der Waals surface area contributed by atoms with Gasteiger partial charge in [0.2, 0.25) is 15.0 Å². The van der Waals surface area contributed by atoms with E-state index in [1.165, 1.54) is 6.20 Å². The third-order valence-corrected chi connectivity index (χ3v) is 2.55. The van der Waals surface area contributed by atoms with Crippen LogP contribution in [-0.4, -0.2) is 24.2 Å². The fraction of sp³-hybridized carbons (Fsp3) is 0.500. The summed E-state index contributed by atoms with van der Waals surface area (Å²) in [4.78, 5) is 3.76. The molecular weight excluding hydrogens is 164 g/mol. The van der Waals surface area contributed by atoms with Gasteiger partial charge < -0.3 is 4.57 Å². The van der Waals surface area contributed by atoms with Crippen molar-refractivity contribution in [1.82, 2.24) is 9.55 Å². The van der Waals surface area contributed by atoms with E-state index in [0.29, 0.717) is 0 Å². The standard InChI is InChI=1S/C6H10N2O2S/c1-5-4-7-6(8(5)2)11(3,9)10/h4H,1-3H3. The molecule has 4 nitrogen and oxygen atoms in total. The number of sulfone groups is 1. The van der Waals surface area contributed by atoms with Gasteiger partial charge in [-0.2, -0.15) is 0 Å². The van der Waals surface area contributed by atoms with Crippen LogP contribution in [0.5, 0.6) is 0 Å². The molecule has 0 saturated heterocycles. The van der Waals surface area contributed by atoms with Crippen molar-refractivity contribution in [3.63, 3.8) is 0 Å². The molecule has 1 rings (SSSR count). The van der Waals surface area contributed by atoms with Crippen molar-refractivity contribution in [3.8, 4) is 0 Å². The molecule has 0 saturated carbocycles. The molecule has 5 heteroatoms. The number of nitrogens with zero attached hydrogens (tertiary/aromatic N) is 2. The molecule has 0 amide bonds. The van der Waals surface area contributed by atoms with Gasteiger partial charge in [-0.05, 0) is 6.92 Å². The molecule has 0 aromatic carbocycles. The molecule has 1 heterocycles. The molecule has 0 spiro atoms. The molecule has 0 unspecified atom stereocenters. The first kappa shape index (κ1) is 8.26. The maximum Gasteiger partial charge on any atom is 0.227 e. The van der Waals surface area contributed by atoms with Crippen LogP contribution in [0.1, 0.15) is 5.69 Å². The number of imidazole rings is 1. The average Bonchev–Trinajstić information content (AvgIpc) is 2.11. The van der Waals surface area contributed by atoms with E-state index in [4.69, 9.17) is 0 Å². The second-order valence-corrected chi connectivity index (χ2v) is 4.42. The summed E-state index contributed by atoms with van der Waals surface area (Å²) in [6.45, 7) is 1.81. The molecule has 0 bridgehead atoms. The highest BCUT2D eigenvalue weighted by Crippen LogP contribution is 2.06. The van der Waals surface area contributed by atoms with Crippen molar-refractivity contribution in [1.29, 1.82) is 0 Å². The Labute approximate surface area is 65.8 Å².